The van der Waals surface area contributed by atoms with Gasteiger partial charge in [-0.3, -0.25) is 0 Å². The number of fused-ring (bicyclic) bond motifs is 1. The monoisotopic (exact) mass is 203 g/mol. The Kier molecular flexibility index (Phi) is 1.55. The number of nitrogens with one attached hydrogen (secondary N) is 2. The number of H-pyrrole nitrogens is 1. The Morgan fingerprint density at radius 3 is 2.93 bits per heavy atom. The molecule has 0 radical (unpaired) electrons. The molecule has 0 bridgehead atoms. The van der Waals surface area contributed by atoms with E-state index in [0.717, 1.165) is 11.3 Å². The third-order valence-corrected chi connectivity index (χ3v) is 3.05. The average molecular weight is 203 g/mol. The quantitative estimate of drug-likeness (QED) is 0.777. The van der Waals surface area contributed by atoms with Gasteiger partial charge in [-0.05, 0) is 11.8 Å². The Morgan fingerprint density at radius 1 is 1.40 bits per heavy atom. The third kappa shape index (κ3) is 1.35. The maximum atomic E-state index is 4.23. The average Bonchev–Trinajstić information content (AvgIpc) is 2.66. The van der Waals surface area contributed by atoms with Crippen LogP contribution in [0.25, 0.3) is 11.2 Å². The van der Waals surface area contributed by atoms with Gasteiger partial charge in [0, 0.05) is 6.04 Å². The lowest BCUT2D eigenvalue weighted by Crippen LogP contribution is -2.10. The predicted octanol–water partition coefficient (Wildman–Crippen LogP) is 1.56. The van der Waals surface area contributed by atoms with Crippen LogP contribution in [0.3, 0.4) is 0 Å². The summed E-state index contributed by atoms with van der Waals surface area (Å²) in [4.78, 5) is 15.5. The smallest absolute Gasteiger partial charge is 0.182 e. The van der Waals surface area contributed by atoms with Crippen molar-refractivity contribution >= 4 is 17.0 Å². The molecule has 2 aromatic heterocycles. The van der Waals surface area contributed by atoms with Crippen LogP contribution in [-0.2, 0) is 0 Å². The van der Waals surface area contributed by atoms with E-state index in [-0.39, 0.29) is 0 Å². The first-order valence-corrected chi connectivity index (χ1v) is 5.07. The molecule has 2 aromatic rings. The van der Waals surface area contributed by atoms with Crippen molar-refractivity contribution in [1.29, 1.82) is 0 Å². The molecule has 1 aliphatic carbocycles. The second-order valence-electron chi connectivity index (χ2n) is 4.71. The number of hydrogen-bond acceptors (Lipinski definition) is 4. The molecule has 5 heteroatoms. The van der Waals surface area contributed by atoms with Crippen LogP contribution in [-0.4, -0.2) is 26.0 Å². The Labute approximate surface area is 87.3 Å². The topological polar surface area (TPSA) is 66.5 Å². The van der Waals surface area contributed by atoms with E-state index in [0.29, 0.717) is 17.1 Å². The first-order chi connectivity index (χ1) is 7.17. The number of hydrogen-bond donors (Lipinski definition) is 2. The fourth-order valence-electron chi connectivity index (χ4n) is 1.75. The Balaban J connectivity index is 1.94. The third-order valence-electron chi connectivity index (χ3n) is 3.05. The maximum Gasteiger partial charge on any atom is 0.182 e. The summed E-state index contributed by atoms with van der Waals surface area (Å²) in [5, 5.41) is 3.41. The number of aromatic nitrogens is 4. The molecule has 15 heavy (non-hydrogen) atoms. The number of anilines is 1. The maximum absolute atomic E-state index is 4.23. The molecule has 2 heterocycles. The van der Waals surface area contributed by atoms with Gasteiger partial charge in [0.25, 0.3) is 0 Å². The summed E-state index contributed by atoms with van der Waals surface area (Å²) in [7, 11) is 0. The molecule has 0 amide bonds. The molecule has 1 fully saturated rings. The highest BCUT2D eigenvalue weighted by Crippen LogP contribution is 2.46. The summed E-state index contributed by atoms with van der Waals surface area (Å²) >= 11 is 0. The molecule has 1 saturated carbocycles. The molecule has 2 N–H and O–H groups in total. The van der Waals surface area contributed by atoms with E-state index in [1.54, 1.807) is 12.7 Å². The molecule has 0 aromatic carbocycles. The molecular formula is C10H13N5. The number of imidazole rings is 1. The largest absolute Gasteiger partial charge is 0.365 e. The SMILES string of the molecule is CC1(C)CC1Nc1ncnc2nc[nH]c12. The predicted molar refractivity (Wildman–Crippen MR) is 57.5 cm³/mol. The lowest BCUT2D eigenvalue weighted by Gasteiger charge is -2.07. The van der Waals surface area contributed by atoms with Gasteiger partial charge in [0.1, 0.15) is 11.8 Å². The zero-order valence-corrected chi connectivity index (χ0v) is 8.78. The van der Waals surface area contributed by atoms with E-state index in [1.165, 1.54) is 6.42 Å². The Bertz CT molecular complexity index is 501. The van der Waals surface area contributed by atoms with Crippen molar-refractivity contribution in [2.24, 2.45) is 5.41 Å². The van der Waals surface area contributed by atoms with Crippen LogP contribution in [0.4, 0.5) is 5.82 Å². The minimum absolute atomic E-state index is 0.386. The van der Waals surface area contributed by atoms with Crippen LogP contribution in [0.2, 0.25) is 0 Å². The van der Waals surface area contributed by atoms with Crippen molar-refractivity contribution in [3.63, 3.8) is 0 Å². The normalized spacial score (nSPS) is 22.9. The summed E-state index contributed by atoms with van der Waals surface area (Å²) in [6, 6.07) is 0.513. The van der Waals surface area contributed by atoms with Gasteiger partial charge in [-0.15, -0.1) is 0 Å². The Hall–Kier alpha value is -1.65. The summed E-state index contributed by atoms with van der Waals surface area (Å²) < 4.78 is 0. The van der Waals surface area contributed by atoms with Gasteiger partial charge in [-0.2, -0.15) is 0 Å². The van der Waals surface area contributed by atoms with E-state index in [4.69, 9.17) is 0 Å². The Morgan fingerprint density at radius 2 is 2.20 bits per heavy atom. The van der Waals surface area contributed by atoms with Gasteiger partial charge in [-0.1, -0.05) is 13.8 Å². The molecule has 1 aliphatic rings. The minimum atomic E-state index is 0.386. The minimum Gasteiger partial charge on any atom is -0.365 e. The van der Waals surface area contributed by atoms with Crippen molar-refractivity contribution in [3.8, 4) is 0 Å². The fourth-order valence-corrected chi connectivity index (χ4v) is 1.75. The highest BCUT2D eigenvalue weighted by Gasteiger charge is 2.46. The molecule has 5 nitrogen and oxygen atoms in total. The van der Waals surface area contributed by atoms with Crippen LogP contribution in [0.15, 0.2) is 12.7 Å². The highest BCUT2D eigenvalue weighted by atomic mass is 15.1. The van der Waals surface area contributed by atoms with Crippen LogP contribution >= 0.6 is 0 Å². The van der Waals surface area contributed by atoms with Gasteiger partial charge in [-0.25, -0.2) is 15.0 Å². The number of rotatable bonds is 2. The molecular weight excluding hydrogens is 190 g/mol. The standard InChI is InChI=1S/C10H13N5/c1-10(2)3-6(10)15-9-7-8(12-4-11-7)13-5-14-9/h4-6H,3H2,1-2H3,(H2,11,12,13,14,15). The van der Waals surface area contributed by atoms with Crippen LogP contribution in [0.5, 0.6) is 0 Å². The van der Waals surface area contributed by atoms with Crippen LogP contribution in [0, 0.1) is 5.41 Å². The van der Waals surface area contributed by atoms with Crippen molar-refractivity contribution in [2.45, 2.75) is 26.3 Å². The molecule has 0 spiro atoms. The zero-order chi connectivity index (χ0) is 10.5. The van der Waals surface area contributed by atoms with E-state index in [1.807, 2.05) is 0 Å². The zero-order valence-electron chi connectivity index (χ0n) is 8.78. The fraction of sp³-hybridized carbons (Fsp3) is 0.500. The van der Waals surface area contributed by atoms with E-state index < -0.39 is 0 Å². The second-order valence-corrected chi connectivity index (χ2v) is 4.71. The molecule has 3 rings (SSSR count). The molecule has 1 atom stereocenters. The number of nitrogens with zero attached hydrogens (tertiary/aromatic N) is 3. The highest BCUT2D eigenvalue weighted by molar-refractivity contribution is 5.82. The molecule has 0 aliphatic heterocycles. The summed E-state index contributed by atoms with van der Waals surface area (Å²) in [5.74, 6) is 0.855. The van der Waals surface area contributed by atoms with Crippen LogP contribution in [0.1, 0.15) is 20.3 Å². The van der Waals surface area contributed by atoms with Gasteiger partial charge in [0.15, 0.2) is 11.5 Å². The van der Waals surface area contributed by atoms with Gasteiger partial charge < -0.3 is 10.3 Å². The van der Waals surface area contributed by atoms with Crippen molar-refractivity contribution in [2.75, 3.05) is 5.32 Å². The first-order valence-electron chi connectivity index (χ1n) is 5.07. The first kappa shape index (κ1) is 8.64. The molecule has 0 saturated heterocycles. The number of aromatic amines is 1. The summed E-state index contributed by atoms with van der Waals surface area (Å²) in [6.07, 6.45) is 4.37. The van der Waals surface area contributed by atoms with Crippen molar-refractivity contribution < 1.29 is 0 Å². The van der Waals surface area contributed by atoms with Gasteiger partial charge >= 0.3 is 0 Å². The summed E-state index contributed by atoms with van der Waals surface area (Å²) in [6.45, 7) is 4.49. The lowest BCUT2D eigenvalue weighted by atomic mass is 10.2. The van der Waals surface area contributed by atoms with Gasteiger partial charge in [0.05, 0.1) is 6.33 Å². The van der Waals surface area contributed by atoms with Crippen LogP contribution < -0.4 is 5.32 Å². The van der Waals surface area contributed by atoms with Crippen molar-refractivity contribution in [3.05, 3.63) is 12.7 Å². The van der Waals surface area contributed by atoms with E-state index in [9.17, 15) is 0 Å². The summed E-state index contributed by atoms with van der Waals surface area (Å²) in [5.41, 5.74) is 1.99. The van der Waals surface area contributed by atoms with Crippen molar-refractivity contribution in [1.82, 2.24) is 19.9 Å². The lowest BCUT2D eigenvalue weighted by molar-refractivity contribution is 0.630. The van der Waals surface area contributed by atoms with E-state index in [2.05, 4.69) is 39.1 Å². The van der Waals surface area contributed by atoms with Gasteiger partial charge in [0.2, 0.25) is 0 Å². The van der Waals surface area contributed by atoms with E-state index >= 15 is 0 Å². The molecule has 1 unspecified atom stereocenters. The second kappa shape index (κ2) is 2.68. The molecule has 78 valence electrons.